The Bertz CT molecular complexity index is 2190. The third-order valence-electron chi connectivity index (χ3n) is 5.21. The maximum Gasteiger partial charge on any atom is 2.00 e. The second-order valence-electron chi connectivity index (χ2n) is 11.4. The van der Waals surface area contributed by atoms with Crippen molar-refractivity contribution in [3.05, 3.63) is 140 Å². The van der Waals surface area contributed by atoms with Crippen LogP contribution in [0, 0.1) is 28.1 Å². The van der Waals surface area contributed by atoms with E-state index in [2.05, 4.69) is 35.6 Å². The Balaban J connectivity index is -0.000000384. The van der Waals surface area contributed by atoms with E-state index < -0.39 is 29.4 Å². The first-order valence-electron chi connectivity index (χ1n) is 16.7. The van der Waals surface area contributed by atoms with E-state index in [4.69, 9.17) is 21.7 Å². The average molecular weight is 1430 g/mol. The molecule has 0 atom stereocenters. The summed E-state index contributed by atoms with van der Waals surface area (Å²) in [6.07, 6.45) is 7.07. The molecule has 0 radical (unpaired) electrons. The van der Waals surface area contributed by atoms with Crippen LogP contribution in [0.15, 0.2) is 134 Å². The minimum Gasteiger partial charge on any atom is -0.454 e. The predicted molar refractivity (Wildman–Crippen MR) is 221 cm³/mol. The number of halogens is 18. The zero-order valence-electron chi connectivity index (χ0n) is 34.1. The second kappa shape index (κ2) is 25.4. The van der Waals surface area contributed by atoms with Crippen molar-refractivity contribution in [2.45, 2.75) is 13.8 Å². The minimum absolute atomic E-state index is 0. The summed E-state index contributed by atoms with van der Waals surface area (Å²) < 4.78 is 178. The molecule has 11 nitrogen and oxygen atoms in total. The van der Waals surface area contributed by atoms with E-state index >= 15 is 0 Å². The first-order valence-corrected chi connectivity index (χ1v) is 22.8. The monoisotopic (exact) mass is 1430 g/mol. The molecule has 0 fully saturated rings. The van der Waals surface area contributed by atoms with Gasteiger partial charge in [0.15, 0.2) is 0 Å². The molecule has 0 aromatic carbocycles. The molecular formula is C35H32F18N11P3Pt2. The zero-order chi connectivity index (χ0) is 52.6. The van der Waals surface area contributed by atoms with Crippen molar-refractivity contribution in [2.24, 2.45) is 5.73 Å². The van der Waals surface area contributed by atoms with Crippen molar-refractivity contribution in [3.63, 3.8) is 0 Å². The molecule has 0 aliphatic heterocycles. The molecule has 0 saturated heterocycles. The van der Waals surface area contributed by atoms with Gasteiger partial charge in [0.2, 0.25) is 0 Å². The summed E-state index contributed by atoms with van der Waals surface area (Å²) >= 11 is 0. The number of nitrogens with one attached hydrogen (secondary N) is 2. The fourth-order valence-corrected chi connectivity index (χ4v) is 3.50. The molecule has 69 heavy (non-hydrogen) atoms. The molecule has 0 bridgehead atoms. The van der Waals surface area contributed by atoms with Crippen molar-refractivity contribution in [3.8, 4) is 57.7 Å². The first-order chi connectivity index (χ1) is 29.8. The quantitative estimate of drug-likeness (QED) is 0.0746. The maximum atomic E-state index is 9.87. The fourth-order valence-electron chi connectivity index (χ4n) is 3.50. The van der Waals surface area contributed by atoms with Crippen LogP contribution in [0.1, 0.15) is 13.8 Å². The third-order valence-corrected chi connectivity index (χ3v) is 5.21. The average Bonchev–Trinajstić information content (AvgIpc) is 3.17. The summed E-state index contributed by atoms with van der Waals surface area (Å²) in [6.45, 7) is 2.86. The molecule has 0 unspecified atom stereocenters. The van der Waals surface area contributed by atoms with E-state index in [9.17, 15) is 75.5 Å². The molecule has 6 aromatic rings. The van der Waals surface area contributed by atoms with Crippen LogP contribution >= 0.6 is 23.4 Å². The van der Waals surface area contributed by atoms with Gasteiger partial charge in [-0.15, -0.1) is 0 Å². The van der Waals surface area contributed by atoms with Crippen molar-refractivity contribution in [2.75, 3.05) is 0 Å². The third kappa shape index (κ3) is 58.6. The van der Waals surface area contributed by atoms with Crippen LogP contribution in [0.2, 0.25) is 0 Å². The van der Waals surface area contributed by atoms with Crippen LogP contribution in [0.4, 0.5) is 75.5 Å². The van der Waals surface area contributed by atoms with E-state index in [0.717, 1.165) is 45.6 Å². The molecule has 6 heterocycles. The van der Waals surface area contributed by atoms with E-state index in [1.165, 1.54) is 13.8 Å². The number of nitrogens with zero attached hydrogens (tertiary/aromatic N) is 8. The maximum absolute atomic E-state index is 10.7. The Labute approximate surface area is 408 Å². The van der Waals surface area contributed by atoms with Gasteiger partial charge in [0.05, 0.1) is 57.7 Å². The van der Waals surface area contributed by atoms with Gasteiger partial charge < -0.3 is 16.9 Å². The van der Waals surface area contributed by atoms with E-state index in [0.29, 0.717) is 0 Å². The Morgan fingerprint density at radius 3 is 0.652 bits per heavy atom. The number of rotatable bonds is 4. The molecule has 4 N–H and O–H groups in total. The number of guanidine groups is 1. The fraction of sp³-hybridized carbons (Fsp3) is 0.0571. The topological polar surface area (TPSA) is 199 Å². The van der Waals surface area contributed by atoms with Gasteiger partial charge in [0.25, 0.3) is 0 Å². The SMILES string of the molecule is CC#N.CC#N.F[P-](F)(F)(F)(F)F.F[P-](F)(F)(F)(F)F.F[P-](F)(F)(F)(F)F.N=C([NH-])N.[Pt+2].[Pt+2].c1ccc(-c2cccc(-c3ccccn3)n2)nc1.c1ccc(-c2cccc(-c3ccccn3)n2)nc1. The molecule has 0 saturated carbocycles. The molecule has 6 aromatic heterocycles. The molecule has 6 rings (SSSR count). The number of nitrogens with two attached hydrogens (primary N) is 1. The number of pyridine rings is 6. The molecule has 0 aliphatic rings. The van der Waals surface area contributed by atoms with Crippen LogP contribution in [-0.2, 0) is 42.1 Å². The van der Waals surface area contributed by atoms with Crippen molar-refractivity contribution < 1.29 is 118 Å². The normalized spacial score (nSPS) is 13.0. The summed E-state index contributed by atoms with van der Waals surface area (Å²) in [4.78, 5) is 26.4. The Morgan fingerprint density at radius 1 is 0.406 bits per heavy atom. The van der Waals surface area contributed by atoms with Gasteiger partial charge in [-0.1, -0.05) is 36.4 Å². The molecule has 34 heteroatoms. The van der Waals surface area contributed by atoms with Crippen LogP contribution in [0.25, 0.3) is 51.3 Å². The largest absolute Gasteiger partial charge is 2.00 e. The van der Waals surface area contributed by atoms with Crippen LogP contribution in [0.3, 0.4) is 0 Å². The molecule has 0 amide bonds. The summed E-state index contributed by atoms with van der Waals surface area (Å²) in [5, 5.41) is 20.6. The second-order valence-corrected chi connectivity index (χ2v) is 17.2. The number of hydrogen-bond acceptors (Lipinski definition) is 9. The van der Waals surface area contributed by atoms with Gasteiger partial charge in [0.1, 0.15) is 0 Å². The Morgan fingerprint density at radius 2 is 0.536 bits per heavy atom. The summed E-state index contributed by atoms with van der Waals surface area (Å²) in [5.41, 5.74) is 17.2. The van der Waals surface area contributed by atoms with Gasteiger partial charge in [0, 0.05) is 38.6 Å². The van der Waals surface area contributed by atoms with Crippen molar-refractivity contribution >= 4 is 29.4 Å². The number of aromatic nitrogens is 6. The van der Waals surface area contributed by atoms with Crippen LogP contribution in [0.5, 0.6) is 0 Å². The van der Waals surface area contributed by atoms with Gasteiger partial charge >= 0.3 is 141 Å². The summed E-state index contributed by atoms with van der Waals surface area (Å²) in [6, 6.07) is 38.5. The summed E-state index contributed by atoms with van der Waals surface area (Å²) in [5.74, 6) is -0.583. The molecule has 388 valence electrons. The van der Waals surface area contributed by atoms with Gasteiger partial charge in [-0.05, 0) is 78.8 Å². The number of nitriles is 2. The van der Waals surface area contributed by atoms with Gasteiger partial charge in [-0.25, -0.2) is 9.97 Å². The van der Waals surface area contributed by atoms with E-state index in [-0.39, 0.29) is 42.1 Å². The first kappa shape index (κ1) is 70.1. The molecule has 0 spiro atoms. The number of hydrogen-bond donors (Lipinski definition) is 2. The Hall–Kier alpha value is -5.44. The van der Waals surface area contributed by atoms with Crippen molar-refractivity contribution in [1.82, 2.24) is 29.9 Å². The van der Waals surface area contributed by atoms with E-state index in [1.54, 1.807) is 36.9 Å². The van der Waals surface area contributed by atoms with Crippen molar-refractivity contribution in [1.29, 1.82) is 15.9 Å². The Kier molecular flexibility index (Phi) is 25.8. The minimum atomic E-state index is -10.7. The molecular weight excluding hydrogens is 1400 g/mol. The van der Waals surface area contributed by atoms with E-state index in [1.807, 2.05) is 109 Å². The van der Waals surface area contributed by atoms with Gasteiger partial charge in [-0.2, -0.15) is 10.5 Å². The zero-order valence-corrected chi connectivity index (χ0v) is 41.4. The predicted octanol–water partition coefficient (Wildman–Crippen LogP) is 17.5. The smallest absolute Gasteiger partial charge is 0.454 e. The van der Waals surface area contributed by atoms with Crippen LogP contribution in [-0.4, -0.2) is 35.9 Å². The summed E-state index contributed by atoms with van der Waals surface area (Å²) in [7, 11) is -32.0. The standard InChI is InChI=1S/2C15H11N3.2C2H3N.CH4N3.3F6P.2Pt/c2*1-3-10-16-12(6-1)14-8-5-9-15(18-14)13-7-2-4-11-17-13;2*1-2-3;2-1(3)4;3*1-7(2,3,4,5)6;;/h2*1-11H;2*1H3;(H4-,2,3,4);;;;;/q;;;;4*-1;2*+2. The van der Waals surface area contributed by atoms with Crippen LogP contribution < -0.4 is 5.73 Å². The van der Waals surface area contributed by atoms with Gasteiger partial charge in [-0.3, -0.25) is 19.9 Å². The molecule has 0 aliphatic carbocycles.